The molecule has 1 N–H and O–H groups in total. The van der Waals surface area contributed by atoms with Crippen molar-refractivity contribution in [1.82, 2.24) is 10.2 Å². The van der Waals surface area contributed by atoms with Gasteiger partial charge in [0.2, 0.25) is 0 Å². The Morgan fingerprint density at radius 1 is 1.19 bits per heavy atom. The Kier molecular flexibility index (Phi) is 8.51. The van der Waals surface area contributed by atoms with Gasteiger partial charge in [-0.15, -0.1) is 0 Å². The number of carbonyl (C=O) groups excluding carboxylic acids is 1. The lowest BCUT2D eigenvalue weighted by Gasteiger charge is -2.32. The van der Waals surface area contributed by atoms with Crippen molar-refractivity contribution in [3.05, 3.63) is 58.4 Å². The van der Waals surface area contributed by atoms with Gasteiger partial charge in [0.1, 0.15) is 23.4 Å². The third kappa shape index (κ3) is 6.56. The van der Waals surface area contributed by atoms with E-state index < -0.39 is 0 Å². The highest BCUT2D eigenvalue weighted by Gasteiger charge is 2.22. The molecule has 1 saturated heterocycles. The highest BCUT2D eigenvalue weighted by molar-refractivity contribution is 6.32. The first-order chi connectivity index (χ1) is 15.0. The molecule has 0 spiro atoms. The van der Waals surface area contributed by atoms with Crippen LogP contribution in [0.15, 0.2) is 36.4 Å². The van der Waals surface area contributed by atoms with E-state index in [4.69, 9.17) is 25.8 Å². The van der Waals surface area contributed by atoms with Gasteiger partial charge in [-0.1, -0.05) is 17.7 Å². The van der Waals surface area contributed by atoms with E-state index in [-0.39, 0.29) is 17.8 Å². The molecule has 1 heterocycles. The lowest BCUT2D eigenvalue weighted by molar-refractivity contribution is 0.0935. The third-order valence-electron chi connectivity index (χ3n) is 5.27. The zero-order valence-electron chi connectivity index (χ0n) is 17.8. The first-order valence-electron chi connectivity index (χ1n) is 10.3. The number of carbonyl (C=O) groups is 1. The summed E-state index contributed by atoms with van der Waals surface area (Å²) in [5.41, 5.74) is 1.13. The van der Waals surface area contributed by atoms with E-state index in [1.807, 2.05) is 0 Å². The maximum Gasteiger partial charge on any atom is 0.251 e. The minimum Gasteiger partial charge on any atom is -0.497 e. The summed E-state index contributed by atoms with van der Waals surface area (Å²) in [6, 6.07) is 9.99. The predicted molar refractivity (Wildman–Crippen MR) is 118 cm³/mol. The molecule has 0 unspecified atom stereocenters. The van der Waals surface area contributed by atoms with Gasteiger partial charge in [0.15, 0.2) is 0 Å². The number of ether oxygens (including phenoxy) is 3. The van der Waals surface area contributed by atoms with Gasteiger partial charge in [0, 0.05) is 50.5 Å². The SMILES string of the molecule is COCCNC(=O)c1ccc(OC2CCN(Cc3ccc(OC)cc3F)CC2)c(Cl)c1. The van der Waals surface area contributed by atoms with Gasteiger partial charge in [-0.05, 0) is 37.1 Å². The van der Waals surface area contributed by atoms with E-state index in [1.54, 1.807) is 37.4 Å². The number of hydrogen-bond donors (Lipinski definition) is 1. The maximum absolute atomic E-state index is 14.2. The lowest BCUT2D eigenvalue weighted by atomic mass is 10.1. The highest BCUT2D eigenvalue weighted by Crippen LogP contribution is 2.29. The van der Waals surface area contributed by atoms with Crippen LogP contribution in [0.5, 0.6) is 11.5 Å². The smallest absolute Gasteiger partial charge is 0.251 e. The summed E-state index contributed by atoms with van der Waals surface area (Å²) in [5, 5.41) is 3.17. The van der Waals surface area contributed by atoms with Crippen LogP contribution in [0, 0.1) is 5.82 Å². The number of amides is 1. The molecular weight excluding hydrogens is 423 g/mol. The second-order valence-corrected chi connectivity index (χ2v) is 7.85. The average molecular weight is 451 g/mol. The second-order valence-electron chi connectivity index (χ2n) is 7.44. The summed E-state index contributed by atoms with van der Waals surface area (Å²) in [6.07, 6.45) is 1.65. The molecular formula is C23H28ClFN2O4. The molecule has 31 heavy (non-hydrogen) atoms. The molecule has 0 aromatic heterocycles. The first kappa shape index (κ1) is 23.3. The number of methoxy groups -OCH3 is 2. The first-order valence-corrected chi connectivity index (χ1v) is 10.7. The zero-order chi connectivity index (χ0) is 22.2. The van der Waals surface area contributed by atoms with Crippen molar-refractivity contribution in [1.29, 1.82) is 0 Å². The molecule has 8 heteroatoms. The Balaban J connectivity index is 1.50. The van der Waals surface area contributed by atoms with Crippen molar-refractivity contribution in [2.24, 2.45) is 0 Å². The molecule has 1 amide bonds. The van der Waals surface area contributed by atoms with Crippen LogP contribution < -0.4 is 14.8 Å². The quantitative estimate of drug-likeness (QED) is 0.587. The molecule has 1 aliphatic heterocycles. The topological polar surface area (TPSA) is 60.0 Å². The number of likely N-dealkylation sites (tertiary alicyclic amines) is 1. The number of nitrogens with one attached hydrogen (secondary N) is 1. The van der Waals surface area contributed by atoms with E-state index in [1.165, 1.54) is 13.2 Å². The predicted octanol–water partition coefficient (Wildman–Crippen LogP) is 3.91. The van der Waals surface area contributed by atoms with Gasteiger partial charge < -0.3 is 19.5 Å². The number of piperidine rings is 1. The van der Waals surface area contributed by atoms with Crippen LogP contribution in [0.1, 0.15) is 28.8 Å². The Morgan fingerprint density at radius 2 is 1.97 bits per heavy atom. The number of hydrogen-bond acceptors (Lipinski definition) is 5. The summed E-state index contributed by atoms with van der Waals surface area (Å²) in [6.45, 7) is 3.03. The van der Waals surface area contributed by atoms with Crippen molar-refractivity contribution < 1.29 is 23.4 Å². The fourth-order valence-corrected chi connectivity index (χ4v) is 3.72. The Labute approximate surface area is 187 Å². The summed E-state index contributed by atoms with van der Waals surface area (Å²) >= 11 is 6.34. The summed E-state index contributed by atoms with van der Waals surface area (Å²) in [7, 11) is 3.10. The van der Waals surface area contributed by atoms with Gasteiger partial charge in [0.25, 0.3) is 5.91 Å². The van der Waals surface area contributed by atoms with Gasteiger partial charge >= 0.3 is 0 Å². The van der Waals surface area contributed by atoms with E-state index in [2.05, 4.69) is 10.2 Å². The largest absolute Gasteiger partial charge is 0.497 e. The summed E-state index contributed by atoms with van der Waals surface area (Å²) < 4.78 is 30.2. The maximum atomic E-state index is 14.2. The monoisotopic (exact) mass is 450 g/mol. The minimum atomic E-state index is -0.254. The van der Waals surface area contributed by atoms with Crippen LogP contribution in [0.2, 0.25) is 5.02 Å². The van der Waals surface area contributed by atoms with E-state index in [0.717, 1.165) is 25.9 Å². The number of rotatable bonds is 9. The fourth-order valence-electron chi connectivity index (χ4n) is 3.50. The minimum absolute atomic E-state index is 0.0239. The van der Waals surface area contributed by atoms with E-state index in [0.29, 0.717) is 47.3 Å². The Bertz CT molecular complexity index is 888. The molecule has 1 aliphatic rings. The summed E-state index contributed by atoms with van der Waals surface area (Å²) in [4.78, 5) is 14.3. The Hall–Kier alpha value is -2.35. The molecule has 1 fully saturated rings. The molecule has 2 aromatic rings. The van der Waals surface area contributed by atoms with Crippen LogP contribution >= 0.6 is 11.6 Å². The van der Waals surface area contributed by atoms with Gasteiger partial charge in [-0.3, -0.25) is 9.69 Å². The number of benzene rings is 2. The molecule has 0 atom stereocenters. The van der Waals surface area contributed by atoms with E-state index in [9.17, 15) is 9.18 Å². The second kappa shape index (κ2) is 11.3. The van der Waals surface area contributed by atoms with Crippen LogP contribution in [0.3, 0.4) is 0 Å². The molecule has 2 aromatic carbocycles. The van der Waals surface area contributed by atoms with Crippen molar-refractivity contribution >= 4 is 17.5 Å². The molecule has 0 saturated carbocycles. The van der Waals surface area contributed by atoms with Crippen LogP contribution in [0.25, 0.3) is 0 Å². The molecule has 168 valence electrons. The highest BCUT2D eigenvalue weighted by atomic mass is 35.5. The fraction of sp³-hybridized carbons (Fsp3) is 0.435. The zero-order valence-corrected chi connectivity index (χ0v) is 18.6. The molecule has 0 radical (unpaired) electrons. The number of nitrogens with zero attached hydrogens (tertiary/aromatic N) is 1. The Morgan fingerprint density at radius 3 is 2.61 bits per heavy atom. The average Bonchev–Trinajstić information content (AvgIpc) is 2.77. The van der Waals surface area contributed by atoms with Crippen molar-refractivity contribution in [2.45, 2.75) is 25.5 Å². The summed E-state index contributed by atoms with van der Waals surface area (Å²) in [5.74, 6) is 0.624. The lowest BCUT2D eigenvalue weighted by Crippen LogP contribution is -2.38. The van der Waals surface area contributed by atoms with Crippen molar-refractivity contribution in [3.8, 4) is 11.5 Å². The molecule has 6 nitrogen and oxygen atoms in total. The van der Waals surface area contributed by atoms with Crippen molar-refractivity contribution in [2.75, 3.05) is 40.5 Å². The van der Waals surface area contributed by atoms with Crippen LogP contribution in [-0.4, -0.2) is 57.4 Å². The van der Waals surface area contributed by atoms with Crippen LogP contribution in [-0.2, 0) is 11.3 Å². The molecule has 3 rings (SSSR count). The van der Waals surface area contributed by atoms with Gasteiger partial charge in [-0.2, -0.15) is 0 Å². The van der Waals surface area contributed by atoms with Gasteiger partial charge in [-0.25, -0.2) is 4.39 Å². The molecule has 0 bridgehead atoms. The third-order valence-corrected chi connectivity index (χ3v) is 5.56. The van der Waals surface area contributed by atoms with Crippen LogP contribution in [0.4, 0.5) is 4.39 Å². The van der Waals surface area contributed by atoms with Crippen molar-refractivity contribution in [3.63, 3.8) is 0 Å². The standard InChI is InChI=1S/C23H28ClFN2O4/c1-29-12-9-26-23(28)16-4-6-22(20(24)13-16)31-18-7-10-27(11-8-18)15-17-3-5-19(30-2)14-21(17)25/h3-6,13-14,18H,7-12,15H2,1-2H3,(H,26,28). The normalized spacial score (nSPS) is 15.0. The molecule has 0 aliphatic carbocycles. The number of halogens is 2. The van der Waals surface area contributed by atoms with Gasteiger partial charge in [0.05, 0.1) is 18.7 Å². The van der Waals surface area contributed by atoms with E-state index >= 15 is 0 Å².